The second-order valence-corrected chi connectivity index (χ2v) is 8.38. The smallest absolute Gasteiger partial charge is 0.218 e. The largest absolute Gasteiger partial charge is 0.490 e. The van der Waals surface area contributed by atoms with Crippen molar-refractivity contribution in [3.8, 4) is 5.75 Å². The van der Waals surface area contributed by atoms with E-state index in [1.807, 2.05) is 31.2 Å². The van der Waals surface area contributed by atoms with Gasteiger partial charge in [0.25, 0.3) is 0 Å². The highest BCUT2D eigenvalue weighted by atomic mass is 32.2. The maximum Gasteiger partial charge on any atom is 0.218 e. The number of aryl methyl sites for hydroxylation is 1. The number of rotatable bonds is 5. The molecule has 1 heterocycles. The number of piperidine rings is 1. The van der Waals surface area contributed by atoms with E-state index in [9.17, 15) is 12.8 Å². The predicted octanol–water partition coefficient (Wildman–Crippen LogP) is 3.51. The Labute approximate surface area is 148 Å². The third kappa shape index (κ3) is 4.80. The van der Waals surface area contributed by atoms with Crippen LogP contribution in [0, 0.1) is 12.7 Å². The van der Waals surface area contributed by atoms with E-state index < -0.39 is 10.0 Å². The SMILES string of the molecule is Cc1cccc(CS(=O)(=O)N2CCC(Oc3ccc(F)cc3)CC2)c1. The van der Waals surface area contributed by atoms with Crippen LogP contribution in [0.4, 0.5) is 4.39 Å². The molecule has 134 valence electrons. The van der Waals surface area contributed by atoms with Crippen molar-refractivity contribution < 1.29 is 17.5 Å². The molecule has 0 aromatic heterocycles. The summed E-state index contributed by atoms with van der Waals surface area (Å²) in [5.41, 5.74) is 1.86. The fraction of sp³-hybridized carbons (Fsp3) is 0.368. The number of nitrogens with zero attached hydrogens (tertiary/aromatic N) is 1. The highest BCUT2D eigenvalue weighted by molar-refractivity contribution is 7.88. The van der Waals surface area contributed by atoms with Gasteiger partial charge in [-0.3, -0.25) is 0 Å². The average Bonchev–Trinajstić information content (AvgIpc) is 2.57. The van der Waals surface area contributed by atoms with Gasteiger partial charge in [0.1, 0.15) is 17.7 Å². The standard InChI is InChI=1S/C19H22FNO3S/c1-15-3-2-4-16(13-15)14-25(22,23)21-11-9-19(10-12-21)24-18-7-5-17(20)6-8-18/h2-8,13,19H,9-12,14H2,1H3. The van der Waals surface area contributed by atoms with Gasteiger partial charge in [-0.25, -0.2) is 17.1 Å². The number of sulfonamides is 1. The van der Waals surface area contributed by atoms with E-state index in [0.29, 0.717) is 31.7 Å². The Morgan fingerprint density at radius 3 is 2.44 bits per heavy atom. The van der Waals surface area contributed by atoms with Gasteiger partial charge in [0.05, 0.1) is 5.75 Å². The molecule has 4 nitrogen and oxygen atoms in total. The van der Waals surface area contributed by atoms with Crippen LogP contribution in [0.1, 0.15) is 24.0 Å². The molecule has 3 rings (SSSR count). The minimum atomic E-state index is -3.33. The summed E-state index contributed by atoms with van der Waals surface area (Å²) in [4.78, 5) is 0. The van der Waals surface area contributed by atoms with Gasteiger partial charge in [-0.05, 0) is 49.6 Å². The zero-order valence-electron chi connectivity index (χ0n) is 14.2. The number of hydrogen-bond acceptors (Lipinski definition) is 3. The topological polar surface area (TPSA) is 46.6 Å². The molecule has 0 unspecified atom stereocenters. The summed E-state index contributed by atoms with van der Waals surface area (Å²) in [7, 11) is -3.33. The first kappa shape index (κ1) is 17.9. The normalized spacial score (nSPS) is 16.7. The number of benzene rings is 2. The number of hydrogen-bond donors (Lipinski definition) is 0. The second-order valence-electron chi connectivity index (χ2n) is 6.42. The van der Waals surface area contributed by atoms with E-state index in [-0.39, 0.29) is 17.7 Å². The molecule has 0 saturated carbocycles. The van der Waals surface area contributed by atoms with Crippen molar-refractivity contribution in [2.75, 3.05) is 13.1 Å². The molecule has 0 spiro atoms. The van der Waals surface area contributed by atoms with Crippen molar-refractivity contribution in [3.63, 3.8) is 0 Å². The Bertz CT molecular complexity index is 813. The lowest BCUT2D eigenvalue weighted by atomic mass is 10.1. The van der Waals surface area contributed by atoms with Gasteiger partial charge in [-0.2, -0.15) is 0 Å². The summed E-state index contributed by atoms with van der Waals surface area (Å²) in [6, 6.07) is 13.5. The molecular formula is C19H22FNO3S. The molecule has 1 saturated heterocycles. The van der Waals surface area contributed by atoms with Crippen LogP contribution in [0.3, 0.4) is 0 Å². The minimum absolute atomic E-state index is 0.0260. The molecule has 1 fully saturated rings. The van der Waals surface area contributed by atoms with Crippen LogP contribution in [0.25, 0.3) is 0 Å². The van der Waals surface area contributed by atoms with E-state index in [2.05, 4.69) is 0 Å². The summed E-state index contributed by atoms with van der Waals surface area (Å²) in [5.74, 6) is 0.338. The Morgan fingerprint density at radius 2 is 1.80 bits per heavy atom. The van der Waals surface area contributed by atoms with Crippen LogP contribution >= 0.6 is 0 Å². The zero-order valence-corrected chi connectivity index (χ0v) is 15.0. The van der Waals surface area contributed by atoms with Gasteiger partial charge < -0.3 is 4.74 Å². The molecule has 0 radical (unpaired) electrons. The lowest BCUT2D eigenvalue weighted by molar-refractivity contribution is 0.135. The van der Waals surface area contributed by atoms with E-state index in [1.54, 1.807) is 16.4 Å². The van der Waals surface area contributed by atoms with E-state index in [0.717, 1.165) is 11.1 Å². The molecule has 2 aromatic carbocycles. The van der Waals surface area contributed by atoms with Crippen LogP contribution < -0.4 is 4.74 Å². The number of ether oxygens (including phenoxy) is 1. The maximum absolute atomic E-state index is 12.9. The molecule has 0 aliphatic carbocycles. The molecule has 0 amide bonds. The monoisotopic (exact) mass is 363 g/mol. The second kappa shape index (κ2) is 7.54. The fourth-order valence-corrected chi connectivity index (χ4v) is 4.59. The summed E-state index contributed by atoms with van der Waals surface area (Å²) in [5, 5.41) is 0. The Hall–Kier alpha value is -1.92. The van der Waals surface area contributed by atoms with Gasteiger partial charge in [0.2, 0.25) is 10.0 Å². The molecular weight excluding hydrogens is 341 g/mol. The first-order valence-electron chi connectivity index (χ1n) is 8.38. The van der Waals surface area contributed by atoms with Crippen molar-refractivity contribution in [2.24, 2.45) is 0 Å². The Balaban J connectivity index is 1.56. The third-order valence-electron chi connectivity index (χ3n) is 4.34. The van der Waals surface area contributed by atoms with Crippen LogP contribution in [0.15, 0.2) is 48.5 Å². The van der Waals surface area contributed by atoms with Gasteiger partial charge in [0.15, 0.2) is 0 Å². The summed E-state index contributed by atoms with van der Waals surface area (Å²) < 4.78 is 45.5. The highest BCUT2D eigenvalue weighted by Crippen LogP contribution is 2.22. The van der Waals surface area contributed by atoms with Crippen LogP contribution in [-0.4, -0.2) is 31.9 Å². The molecule has 2 aromatic rings. The Morgan fingerprint density at radius 1 is 1.12 bits per heavy atom. The van der Waals surface area contributed by atoms with E-state index in [1.165, 1.54) is 12.1 Å². The van der Waals surface area contributed by atoms with Crippen molar-refractivity contribution in [1.82, 2.24) is 4.31 Å². The Kier molecular flexibility index (Phi) is 5.39. The first-order chi connectivity index (χ1) is 11.9. The lowest BCUT2D eigenvalue weighted by Crippen LogP contribution is -2.42. The van der Waals surface area contributed by atoms with Gasteiger partial charge in [0, 0.05) is 13.1 Å². The summed E-state index contributed by atoms with van der Waals surface area (Å²) >= 11 is 0. The fourth-order valence-electron chi connectivity index (χ4n) is 3.04. The van der Waals surface area contributed by atoms with Crippen LogP contribution in [0.5, 0.6) is 5.75 Å². The maximum atomic E-state index is 12.9. The molecule has 6 heteroatoms. The molecule has 0 N–H and O–H groups in total. The first-order valence-corrected chi connectivity index (χ1v) is 9.99. The highest BCUT2D eigenvalue weighted by Gasteiger charge is 2.29. The van der Waals surface area contributed by atoms with Crippen molar-refractivity contribution >= 4 is 10.0 Å². The molecule has 1 aliphatic rings. The lowest BCUT2D eigenvalue weighted by Gasteiger charge is -2.31. The molecule has 25 heavy (non-hydrogen) atoms. The molecule has 0 atom stereocenters. The van der Waals surface area contributed by atoms with Gasteiger partial charge in [-0.15, -0.1) is 0 Å². The summed E-state index contributed by atoms with van der Waals surface area (Å²) in [6.45, 7) is 2.84. The van der Waals surface area contributed by atoms with Crippen molar-refractivity contribution in [2.45, 2.75) is 31.6 Å². The molecule has 0 bridgehead atoms. The zero-order chi connectivity index (χ0) is 17.9. The minimum Gasteiger partial charge on any atom is -0.490 e. The quantitative estimate of drug-likeness (QED) is 0.817. The molecule has 1 aliphatic heterocycles. The van der Waals surface area contributed by atoms with Gasteiger partial charge >= 0.3 is 0 Å². The predicted molar refractivity (Wildman–Crippen MR) is 95.4 cm³/mol. The van der Waals surface area contributed by atoms with Crippen LogP contribution in [-0.2, 0) is 15.8 Å². The van der Waals surface area contributed by atoms with Crippen molar-refractivity contribution in [3.05, 3.63) is 65.5 Å². The number of halogens is 1. The van der Waals surface area contributed by atoms with Gasteiger partial charge in [-0.1, -0.05) is 29.8 Å². The van der Waals surface area contributed by atoms with Crippen molar-refractivity contribution in [1.29, 1.82) is 0 Å². The summed E-state index contributed by atoms with van der Waals surface area (Å²) in [6.07, 6.45) is 1.21. The van der Waals surface area contributed by atoms with Crippen LogP contribution in [0.2, 0.25) is 0 Å². The average molecular weight is 363 g/mol. The van der Waals surface area contributed by atoms with E-state index in [4.69, 9.17) is 4.74 Å². The third-order valence-corrected chi connectivity index (χ3v) is 6.19. The van der Waals surface area contributed by atoms with E-state index >= 15 is 0 Å².